The van der Waals surface area contributed by atoms with E-state index in [0.717, 1.165) is 28.3 Å². The van der Waals surface area contributed by atoms with Gasteiger partial charge in [0.2, 0.25) is 0 Å². The second kappa shape index (κ2) is 7.33. The number of methoxy groups -OCH3 is 1. The van der Waals surface area contributed by atoms with Gasteiger partial charge in [0.25, 0.3) is 5.56 Å². The van der Waals surface area contributed by atoms with Crippen molar-refractivity contribution in [2.75, 3.05) is 7.11 Å². The third-order valence-electron chi connectivity index (χ3n) is 5.02. The molecule has 0 saturated carbocycles. The van der Waals surface area contributed by atoms with E-state index in [9.17, 15) is 4.79 Å². The van der Waals surface area contributed by atoms with Crippen LogP contribution in [-0.2, 0) is 0 Å². The van der Waals surface area contributed by atoms with E-state index in [1.807, 2.05) is 84.9 Å². The molecule has 2 aromatic heterocycles. The molecule has 146 valence electrons. The zero-order valence-electron chi connectivity index (χ0n) is 16.2. The van der Waals surface area contributed by atoms with Gasteiger partial charge in [0.1, 0.15) is 11.4 Å². The van der Waals surface area contributed by atoms with Crippen molar-refractivity contribution in [3.8, 4) is 34.0 Å². The Hall–Kier alpha value is -4.19. The van der Waals surface area contributed by atoms with E-state index in [1.54, 1.807) is 11.8 Å². The van der Waals surface area contributed by atoms with Crippen LogP contribution in [0.3, 0.4) is 0 Å². The Morgan fingerprint density at radius 1 is 0.833 bits per heavy atom. The molecule has 0 atom stereocenters. The Kier molecular flexibility index (Phi) is 4.37. The standard InChI is InChI=1S/C24H18N4O2/c1-30-19-14-12-18(13-15-19)28-23(17-10-6-3-7-11-17)20-21(16-8-4-2-5-9-16)25-26-24(29)22(20)27-28/h2-15H,1H3,(H,26,29). The lowest BCUT2D eigenvalue weighted by atomic mass is 10.0. The summed E-state index contributed by atoms with van der Waals surface area (Å²) < 4.78 is 7.07. The molecule has 0 spiro atoms. The summed E-state index contributed by atoms with van der Waals surface area (Å²) in [6.07, 6.45) is 0. The maximum Gasteiger partial charge on any atom is 0.292 e. The SMILES string of the molecule is COc1ccc(-n2nc3c(=O)[nH]nc(-c4ccccc4)c3c2-c2ccccc2)cc1. The number of rotatable bonds is 4. The Bertz CT molecular complexity index is 1370. The van der Waals surface area contributed by atoms with Gasteiger partial charge in [-0.25, -0.2) is 9.78 Å². The molecule has 0 radical (unpaired) electrons. The number of hydrogen-bond acceptors (Lipinski definition) is 4. The van der Waals surface area contributed by atoms with Crippen LogP contribution >= 0.6 is 0 Å². The molecule has 0 fully saturated rings. The molecule has 0 aliphatic heterocycles. The maximum atomic E-state index is 12.7. The first-order valence-electron chi connectivity index (χ1n) is 9.53. The zero-order chi connectivity index (χ0) is 20.5. The molecule has 0 aliphatic carbocycles. The number of fused-ring (bicyclic) bond motifs is 1. The fourth-order valence-electron chi connectivity index (χ4n) is 3.59. The fourth-order valence-corrected chi connectivity index (χ4v) is 3.59. The van der Waals surface area contributed by atoms with Gasteiger partial charge in [0.15, 0.2) is 5.52 Å². The molecule has 5 rings (SSSR count). The van der Waals surface area contributed by atoms with Crippen molar-refractivity contribution in [1.29, 1.82) is 0 Å². The summed E-state index contributed by atoms with van der Waals surface area (Å²) in [7, 11) is 1.63. The van der Waals surface area contributed by atoms with Crippen LogP contribution in [0.25, 0.3) is 39.1 Å². The highest BCUT2D eigenvalue weighted by Gasteiger charge is 2.21. The van der Waals surface area contributed by atoms with Crippen LogP contribution in [0.4, 0.5) is 0 Å². The quantitative estimate of drug-likeness (QED) is 0.489. The highest BCUT2D eigenvalue weighted by molar-refractivity contribution is 6.02. The third kappa shape index (κ3) is 2.95. The molecule has 2 heterocycles. The molecule has 30 heavy (non-hydrogen) atoms. The first kappa shape index (κ1) is 17.9. The number of aromatic nitrogens is 4. The van der Waals surface area contributed by atoms with Crippen molar-refractivity contribution in [3.63, 3.8) is 0 Å². The lowest BCUT2D eigenvalue weighted by Crippen LogP contribution is -2.09. The highest BCUT2D eigenvalue weighted by atomic mass is 16.5. The van der Waals surface area contributed by atoms with Crippen molar-refractivity contribution >= 4 is 10.9 Å². The molecule has 6 heteroatoms. The summed E-state index contributed by atoms with van der Waals surface area (Å²) in [5, 5.41) is 12.4. The van der Waals surface area contributed by atoms with Crippen molar-refractivity contribution in [2.24, 2.45) is 0 Å². The highest BCUT2D eigenvalue weighted by Crippen LogP contribution is 2.35. The Morgan fingerprint density at radius 2 is 1.47 bits per heavy atom. The minimum atomic E-state index is -0.325. The summed E-state index contributed by atoms with van der Waals surface area (Å²) in [6, 6.07) is 27.3. The number of benzene rings is 3. The number of hydrogen-bond donors (Lipinski definition) is 1. The van der Waals surface area contributed by atoms with Crippen LogP contribution in [0, 0.1) is 0 Å². The van der Waals surface area contributed by atoms with Gasteiger partial charge in [-0.05, 0) is 24.3 Å². The van der Waals surface area contributed by atoms with E-state index in [2.05, 4.69) is 10.2 Å². The number of nitrogens with one attached hydrogen (secondary N) is 1. The van der Waals surface area contributed by atoms with Crippen LogP contribution in [-0.4, -0.2) is 27.1 Å². The molecule has 0 unspecified atom stereocenters. The Morgan fingerprint density at radius 3 is 2.10 bits per heavy atom. The molecule has 0 saturated heterocycles. The predicted molar refractivity (Wildman–Crippen MR) is 117 cm³/mol. The topological polar surface area (TPSA) is 72.8 Å². The van der Waals surface area contributed by atoms with Gasteiger partial charge in [-0.1, -0.05) is 60.7 Å². The van der Waals surface area contributed by atoms with Crippen molar-refractivity contribution in [3.05, 3.63) is 95.3 Å². The van der Waals surface area contributed by atoms with Crippen molar-refractivity contribution in [1.82, 2.24) is 20.0 Å². The van der Waals surface area contributed by atoms with Crippen molar-refractivity contribution < 1.29 is 4.74 Å². The van der Waals surface area contributed by atoms with Gasteiger partial charge in [0, 0.05) is 11.1 Å². The molecule has 6 nitrogen and oxygen atoms in total. The number of aromatic amines is 1. The minimum Gasteiger partial charge on any atom is -0.497 e. The average Bonchev–Trinajstić information content (AvgIpc) is 3.22. The summed E-state index contributed by atoms with van der Waals surface area (Å²) in [4.78, 5) is 12.7. The first-order valence-corrected chi connectivity index (χ1v) is 9.53. The minimum absolute atomic E-state index is 0.325. The van der Waals surface area contributed by atoms with E-state index in [4.69, 9.17) is 9.84 Å². The number of H-pyrrole nitrogens is 1. The summed E-state index contributed by atoms with van der Waals surface area (Å²) in [5.41, 5.74) is 4.19. The molecular weight excluding hydrogens is 376 g/mol. The van der Waals surface area contributed by atoms with Gasteiger partial charge in [-0.3, -0.25) is 4.79 Å². The van der Waals surface area contributed by atoms with E-state index < -0.39 is 0 Å². The third-order valence-corrected chi connectivity index (χ3v) is 5.02. The van der Waals surface area contributed by atoms with E-state index in [0.29, 0.717) is 16.6 Å². The number of ether oxygens (including phenoxy) is 1. The monoisotopic (exact) mass is 394 g/mol. The van der Waals surface area contributed by atoms with Gasteiger partial charge in [-0.15, -0.1) is 0 Å². The maximum absolute atomic E-state index is 12.7. The molecule has 0 bridgehead atoms. The van der Waals surface area contributed by atoms with Gasteiger partial charge >= 0.3 is 0 Å². The lowest BCUT2D eigenvalue weighted by molar-refractivity contribution is 0.414. The van der Waals surface area contributed by atoms with Gasteiger partial charge in [0.05, 0.1) is 23.9 Å². The smallest absolute Gasteiger partial charge is 0.292 e. The van der Waals surface area contributed by atoms with Crippen LogP contribution in [0.2, 0.25) is 0 Å². The molecule has 3 aromatic carbocycles. The van der Waals surface area contributed by atoms with Crippen LogP contribution in [0.1, 0.15) is 0 Å². The molecular formula is C24H18N4O2. The zero-order valence-corrected chi connectivity index (χ0v) is 16.2. The van der Waals surface area contributed by atoms with Crippen LogP contribution in [0.5, 0.6) is 5.75 Å². The van der Waals surface area contributed by atoms with E-state index >= 15 is 0 Å². The van der Waals surface area contributed by atoms with E-state index in [1.165, 1.54) is 0 Å². The second-order valence-electron chi connectivity index (χ2n) is 6.82. The summed E-state index contributed by atoms with van der Waals surface area (Å²) >= 11 is 0. The molecule has 0 amide bonds. The lowest BCUT2D eigenvalue weighted by Gasteiger charge is -2.10. The van der Waals surface area contributed by atoms with Crippen LogP contribution in [0.15, 0.2) is 89.7 Å². The average molecular weight is 394 g/mol. The molecule has 0 aliphatic rings. The summed E-state index contributed by atoms with van der Waals surface area (Å²) in [6.45, 7) is 0. The van der Waals surface area contributed by atoms with Gasteiger partial charge < -0.3 is 4.74 Å². The largest absolute Gasteiger partial charge is 0.497 e. The predicted octanol–water partition coefficient (Wildman–Crippen LogP) is 4.45. The number of nitrogens with zero attached hydrogens (tertiary/aromatic N) is 3. The van der Waals surface area contributed by atoms with E-state index in [-0.39, 0.29) is 5.56 Å². The Balaban J connectivity index is 1.89. The normalized spacial score (nSPS) is 11.0. The molecule has 1 N–H and O–H groups in total. The van der Waals surface area contributed by atoms with Crippen molar-refractivity contribution in [2.45, 2.75) is 0 Å². The van der Waals surface area contributed by atoms with Crippen LogP contribution < -0.4 is 10.3 Å². The van der Waals surface area contributed by atoms with Gasteiger partial charge in [-0.2, -0.15) is 10.2 Å². The Labute approximate surface area is 172 Å². The fraction of sp³-hybridized carbons (Fsp3) is 0.0417. The summed E-state index contributed by atoms with van der Waals surface area (Å²) in [5.74, 6) is 0.751. The molecule has 5 aromatic rings. The first-order chi connectivity index (χ1) is 14.8. The second-order valence-corrected chi connectivity index (χ2v) is 6.82.